The SMILES string of the molecule is CC(=O)Nc1cc(Cl)c(NC(=O)CC(C)NS(=O)(=O)c2ccc(C)cc2)cc1O. The van der Waals surface area contributed by atoms with Crippen molar-refractivity contribution in [1.29, 1.82) is 0 Å². The average molecular weight is 440 g/mol. The van der Waals surface area contributed by atoms with E-state index in [1.54, 1.807) is 19.1 Å². The topological polar surface area (TPSA) is 125 Å². The van der Waals surface area contributed by atoms with E-state index in [2.05, 4.69) is 15.4 Å². The predicted octanol–water partition coefficient (Wildman–Crippen LogP) is 3.01. The lowest BCUT2D eigenvalue weighted by molar-refractivity contribution is -0.116. The Bertz CT molecular complexity index is 1020. The van der Waals surface area contributed by atoms with Crippen LogP contribution < -0.4 is 15.4 Å². The minimum absolute atomic E-state index is 0.104. The van der Waals surface area contributed by atoms with Crippen molar-refractivity contribution in [1.82, 2.24) is 4.72 Å². The zero-order chi connectivity index (χ0) is 21.8. The van der Waals surface area contributed by atoms with E-state index in [1.165, 1.54) is 31.2 Å². The van der Waals surface area contributed by atoms with Gasteiger partial charge < -0.3 is 15.7 Å². The summed E-state index contributed by atoms with van der Waals surface area (Å²) in [6, 6.07) is 8.17. The molecule has 0 aliphatic carbocycles. The molecule has 0 fully saturated rings. The molecule has 2 amide bonds. The van der Waals surface area contributed by atoms with Gasteiger partial charge in [0.25, 0.3) is 0 Å². The van der Waals surface area contributed by atoms with E-state index < -0.39 is 22.0 Å². The van der Waals surface area contributed by atoms with Crippen LogP contribution in [-0.4, -0.2) is 31.4 Å². The number of anilines is 2. The minimum Gasteiger partial charge on any atom is -0.506 e. The van der Waals surface area contributed by atoms with Gasteiger partial charge in [-0.15, -0.1) is 0 Å². The number of carbonyl (C=O) groups excluding carboxylic acids is 2. The van der Waals surface area contributed by atoms with Crippen molar-refractivity contribution in [2.75, 3.05) is 10.6 Å². The number of phenols is 1. The standard InChI is InChI=1S/C19H22ClN3O5S/c1-11-4-6-14(7-5-11)29(27,28)23-12(2)8-19(26)22-16-10-18(25)17(9-15(16)20)21-13(3)24/h4-7,9-10,12,23,25H,8H2,1-3H3,(H,21,24)(H,22,26). The first-order chi connectivity index (χ1) is 13.5. The van der Waals surface area contributed by atoms with Gasteiger partial charge in [-0.2, -0.15) is 0 Å². The van der Waals surface area contributed by atoms with E-state index >= 15 is 0 Å². The maximum atomic E-state index is 12.4. The number of benzene rings is 2. The van der Waals surface area contributed by atoms with Gasteiger partial charge in [-0.1, -0.05) is 29.3 Å². The molecule has 0 heterocycles. The number of rotatable bonds is 7. The van der Waals surface area contributed by atoms with Crippen molar-refractivity contribution in [2.45, 2.75) is 38.1 Å². The number of nitrogens with one attached hydrogen (secondary N) is 3. The Morgan fingerprint density at radius 3 is 2.31 bits per heavy atom. The molecule has 8 nitrogen and oxygen atoms in total. The first-order valence-electron chi connectivity index (χ1n) is 8.67. The molecular formula is C19H22ClN3O5S. The van der Waals surface area contributed by atoms with Gasteiger partial charge in [-0.3, -0.25) is 9.59 Å². The number of amides is 2. The molecule has 0 aromatic heterocycles. The fraction of sp³-hybridized carbons (Fsp3) is 0.263. The van der Waals surface area contributed by atoms with Gasteiger partial charge >= 0.3 is 0 Å². The van der Waals surface area contributed by atoms with Crippen LogP contribution >= 0.6 is 11.6 Å². The largest absolute Gasteiger partial charge is 0.506 e. The lowest BCUT2D eigenvalue weighted by Gasteiger charge is -2.15. The zero-order valence-electron chi connectivity index (χ0n) is 16.1. The summed E-state index contributed by atoms with van der Waals surface area (Å²) in [6.45, 7) is 4.69. The van der Waals surface area contributed by atoms with Crippen molar-refractivity contribution >= 4 is 44.8 Å². The summed E-state index contributed by atoms with van der Waals surface area (Å²) >= 11 is 6.08. The highest BCUT2D eigenvalue weighted by Crippen LogP contribution is 2.33. The average Bonchev–Trinajstić information content (AvgIpc) is 2.58. The molecule has 10 heteroatoms. The number of aryl methyl sites for hydroxylation is 1. The second-order valence-electron chi connectivity index (χ2n) is 6.62. The van der Waals surface area contributed by atoms with Gasteiger partial charge in [0.15, 0.2) is 0 Å². The molecule has 2 rings (SSSR count). The molecule has 4 N–H and O–H groups in total. The molecule has 0 spiro atoms. The molecule has 0 aliphatic heterocycles. The monoisotopic (exact) mass is 439 g/mol. The maximum Gasteiger partial charge on any atom is 0.240 e. The Balaban J connectivity index is 2.02. The Morgan fingerprint density at radius 1 is 1.10 bits per heavy atom. The first-order valence-corrected chi connectivity index (χ1v) is 10.5. The molecular weight excluding hydrogens is 418 g/mol. The number of aromatic hydroxyl groups is 1. The molecule has 29 heavy (non-hydrogen) atoms. The van der Waals surface area contributed by atoms with E-state index in [0.717, 1.165) is 5.56 Å². The van der Waals surface area contributed by atoms with Crippen LogP contribution in [0.3, 0.4) is 0 Å². The van der Waals surface area contributed by atoms with Gasteiger partial charge in [-0.25, -0.2) is 13.1 Å². The number of sulfonamides is 1. The number of phenolic OH excluding ortho intramolecular Hbond substituents is 1. The van der Waals surface area contributed by atoms with E-state index in [4.69, 9.17) is 11.6 Å². The van der Waals surface area contributed by atoms with Crippen molar-refractivity contribution in [2.24, 2.45) is 0 Å². The van der Waals surface area contributed by atoms with Crippen molar-refractivity contribution in [3.63, 3.8) is 0 Å². The Morgan fingerprint density at radius 2 is 1.72 bits per heavy atom. The zero-order valence-corrected chi connectivity index (χ0v) is 17.7. The van der Waals surface area contributed by atoms with E-state index in [1.807, 2.05) is 6.92 Å². The van der Waals surface area contributed by atoms with Crippen LogP contribution in [-0.2, 0) is 19.6 Å². The van der Waals surface area contributed by atoms with E-state index in [9.17, 15) is 23.1 Å². The molecule has 0 bridgehead atoms. The third kappa shape index (κ3) is 6.45. The third-order valence-corrected chi connectivity index (χ3v) is 5.77. The molecule has 0 saturated heterocycles. The van der Waals surface area contributed by atoms with Crippen LogP contribution in [0.4, 0.5) is 11.4 Å². The number of halogens is 1. The molecule has 1 unspecified atom stereocenters. The predicted molar refractivity (Wildman–Crippen MR) is 112 cm³/mol. The number of hydrogen-bond acceptors (Lipinski definition) is 5. The second kappa shape index (κ2) is 9.25. The molecule has 2 aromatic rings. The normalized spacial score (nSPS) is 12.3. The van der Waals surface area contributed by atoms with Gasteiger partial charge in [-0.05, 0) is 32.0 Å². The highest BCUT2D eigenvalue weighted by atomic mass is 35.5. The van der Waals surface area contributed by atoms with Crippen LogP contribution in [0.15, 0.2) is 41.3 Å². The van der Waals surface area contributed by atoms with Crippen LogP contribution in [0.25, 0.3) is 0 Å². The molecule has 1 atom stereocenters. The van der Waals surface area contributed by atoms with Gasteiger partial charge in [0.2, 0.25) is 21.8 Å². The lowest BCUT2D eigenvalue weighted by Crippen LogP contribution is -2.35. The molecule has 2 aromatic carbocycles. The summed E-state index contributed by atoms with van der Waals surface area (Å²) in [5.74, 6) is -1.16. The third-order valence-electron chi connectivity index (χ3n) is 3.85. The summed E-state index contributed by atoms with van der Waals surface area (Å²) in [5.41, 5.74) is 1.18. The summed E-state index contributed by atoms with van der Waals surface area (Å²) in [6.07, 6.45) is -0.157. The summed E-state index contributed by atoms with van der Waals surface area (Å²) in [5, 5.41) is 15.0. The van der Waals surface area contributed by atoms with Crippen LogP contribution in [0, 0.1) is 6.92 Å². The molecule has 0 aliphatic rings. The summed E-state index contributed by atoms with van der Waals surface area (Å²) < 4.78 is 27.2. The summed E-state index contributed by atoms with van der Waals surface area (Å²) in [7, 11) is -3.76. The second-order valence-corrected chi connectivity index (χ2v) is 8.74. The summed E-state index contributed by atoms with van der Waals surface area (Å²) in [4.78, 5) is 23.5. The smallest absolute Gasteiger partial charge is 0.240 e. The quantitative estimate of drug-likeness (QED) is 0.493. The van der Waals surface area contributed by atoms with Crippen molar-refractivity contribution < 1.29 is 23.1 Å². The van der Waals surface area contributed by atoms with E-state index in [-0.39, 0.29) is 39.4 Å². The minimum atomic E-state index is -3.76. The van der Waals surface area contributed by atoms with Crippen molar-refractivity contribution in [3.8, 4) is 5.75 Å². The Kier molecular flexibility index (Phi) is 7.23. The Labute approximate surface area is 174 Å². The molecule has 0 saturated carbocycles. The van der Waals surface area contributed by atoms with Crippen LogP contribution in [0.2, 0.25) is 5.02 Å². The van der Waals surface area contributed by atoms with Crippen LogP contribution in [0.5, 0.6) is 5.75 Å². The van der Waals surface area contributed by atoms with Gasteiger partial charge in [0.1, 0.15) is 5.75 Å². The highest BCUT2D eigenvalue weighted by Gasteiger charge is 2.20. The van der Waals surface area contributed by atoms with Crippen LogP contribution in [0.1, 0.15) is 25.8 Å². The van der Waals surface area contributed by atoms with E-state index in [0.29, 0.717) is 0 Å². The number of carbonyl (C=O) groups is 2. The number of hydrogen-bond donors (Lipinski definition) is 4. The fourth-order valence-electron chi connectivity index (χ4n) is 2.52. The van der Waals surface area contributed by atoms with Gasteiger partial charge in [0.05, 0.1) is 21.3 Å². The lowest BCUT2D eigenvalue weighted by atomic mass is 10.2. The fourth-order valence-corrected chi connectivity index (χ4v) is 3.97. The first kappa shape index (κ1) is 22.7. The van der Waals surface area contributed by atoms with Gasteiger partial charge in [0, 0.05) is 25.5 Å². The molecule has 156 valence electrons. The highest BCUT2D eigenvalue weighted by molar-refractivity contribution is 7.89. The maximum absolute atomic E-state index is 12.4. The molecule has 0 radical (unpaired) electrons. The van der Waals surface area contributed by atoms with Crippen molar-refractivity contribution in [3.05, 3.63) is 47.0 Å². The Hall–Kier alpha value is -2.62.